The summed E-state index contributed by atoms with van der Waals surface area (Å²) in [5.74, 6) is 1.47. The summed E-state index contributed by atoms with van der Waals surface area (Å²) >= 11 is 0. The van der Waals surface area contributed by atoms with Crippen molar-refractivity contribution >= 4 is 17.8 Å². The predicted molar refractivity (Wildman–Crippen MR) is 109 cm³/mol. The minimum atomic E-state index is 0.580. The van der Waals surface area contributed by atoms with Gasteiger partial charge < -0.3 is 15.0 Å². The maximum absolute atomic E-state index is 5.05. The van der Waals surface area contributed by atoms with E-state index in [-0.39, 0.29) is 0 Å². The van der Waals surface area contributed by atoms with Crippen LogP contribution in [0.4, 0.5) is 11.8 Å². The molecule has 1 aliphatic heterocycles. The number of hydrogen-bond acceptors (Lipinski definition) is 7. The Bertz CT molecular complexity index is 701. The van der Waals surface area contributed by atoms with Gasteiger partial charge in [0.05, 0.1) is 6.20 Å². The van der Waals surface area contributed by atoms with Crippen molar-refractivity contribution in [2.45, 2.75) is 6.42 Å². The van der Waals surface area contributed by atoms with E-state index in [1.165, 1.54) is 5.56 Å². The molecule has 144 valence electrons. The van der Waals surface area contributed by atoms with Crippen molar-refractivity contribution < 1.29 is 4.74 Å². The summed E-state index contributed by atoms with van der Waals surface area (Å²) < 4.78 is 5.05. The molecule has 1 fully saturated rings. The number of anilines is 2. The lowest BCUT2D eigenvalue weighted by atomic mass is 10.2. The molecule has 0 spiro atoms. The van der Waals surface area contributed by atoms with Crippen molar-refractivity contribution in [2.24, 2.45) is 0 Å². The Morgan fingerprint density at radius 3 is 2.74 bits per heavy atom. The molecule has 1 saturated heterocycles. The third-order valence-electron chi connectivity index (χ3n) is 4.52. The largest absolute Gasteiger partial charge is 0.385 e. The standard InChI is InChI=1S/C20H28N6O/c1-27-16-6-10-21-20-23-19(17-22-24-20)26-14-12-25(13-15-26)11-5-9-18-7-3-2-4-8-18/h2-5,7-9,17H,6,10-16H2,1H3,(H,21,23,24)/b9-5+. The second-order valence-electron chi connectivity index (χ2n) is 6.51. The third kappa shape index (κ3) is 6.30. The van der Waals surface area contributed by atoms with E-state index < -0.39 is 0 Å². The fraction of sp³-hybridized carbons (Fsp3) is 0.450. The van der Waals surface area contributed by atoms with E-state index in [1.54, 1.807) is 13.3 Å². The van der Waals surface area contributed by atoms with Gasteiger partial charge in [0, 0.05) is 53.0 Å². The van der Waals surface area contributed by atoms with Gasteiger partial charge in [0.1, 0.15) is 0 Å². The molecule has 7 nitrogen and oxygen atoms in total. The van der Waals surface area contributed by atoms with Crippen LogP contribution in [0.1, 0.15) is 12.0 Å². The zero-order valence-corrected chi connectivity index (χ0v) is 15.9. The van der Waals surface area contributed by atoms with Crippen LogP contribution in [0, 0.1) is 0 Å². The number of piperazine rings is 1. The van der Waals surface area contributed by atoms with Gasteiger partial charge in [-0.05, 0) is 12.0 Å². The van der Waals surface area contributed by atoms with Gasteiger partial charge in [-0.1, -0.05) is 42.5 Å². The summed E-state index contributed by atoms with van der Waals surface area (Å²) in [6, 6.07) is 10.4. The van der Waals surface area contributed by atoms with Gasteiger partial charge in [-0.15, -0.1) is 5.10 Å². The van der Waals surface area contributed by atoms with Crippen LogP contribution in [0.2, 0.25) is 0 Å². The molecule has 3 rings (SSSR count). The monoisotopic (exact) mass is 368 g/mol. The van der Waals surface area contributed by atoms with Crippen molar-refractivity contribution in [3.8, 4) is 0 Å². The Morgan fingerprint density at radius 2 is 1.96 bits per heavy atom. The number of methoxy groups -OCH3 is 1. The van der Waals surface area contributed by atoms with Gasteiger partial charge in [0.2, 0.25) is 5.95 Å². The van der Waals surface area contributed by atoms with Gasteiger partial charge in [0.25, 0.3) is 0 Å². The Labute approximate surface area is 161 Å². The Hall–Kier alpha value is -2.51. The summed E-state index contributed by atoms with van der Waals surface area (Å²) in [5, 5.41) is 11.3. The highest BCUT2D eigenvalue weighted by atomic mass is 16.5. The van der Waals surface area contributed by atoms with Crippen LogP contribution in [-0.2, 0) is 4.74 Å². The Kier molecular flexibility index (Phi) is 7.56. The second-order valence-corrected chi connectivity index (χ2v) is 6.51. The molecule has 0 aliphatic carbocycles. The normalized spacial score (nSPS) is 15.4. The van der Waals surface area contributed by atoms with E-state index in [9.17, 15) is 0 Å². The molecule has 0 saturated carbocycles. The molecule has 2 heterocycles. The molecule has 2 aromatic rings. The minimum absolute atomic E-state index is 0.580. The molecule has 1 aliphatic rings. The average Bonchev–Trinajstić information content (AvgIpc) is 2.73. The molecule has 0 bridgehead atoms. The first kappa shape index (κ1) is 19.3. The molecule has 1 aromatic carbocycles. The lowest BCUT2D eigenvalue weighted by molar-refractivity contribution is 0.197. The van der Waals surface area contributed by atoms with Crippen LogP contribution in [0.3, 0.4) is 0 Å². The lowest BCUT2D eigenvalue weighted by Crippen LogP contribution is -2.46. The van der Waals surface area contributed by atoms with Crippen molar-refractivity contribution in [1.29, 1.82) is 0 Å². The van der Waals surface area contributed by atoms with Crippen LogP contribution in [-0.4, -0.2) is 73.1 Å². The zero-order chi connectivity index (χ0) is 18.7. The SMILES string of the molecule is COCCCNc1nncc(N2CCN(C/C=C/c3ccccc3)CC2)n1. The van der Waals surface area contributed by atoms with Crippen LogP contribution in [0.25, 0.3) is 6.08 Å². The van der Waals surface area contributed by atoms with E-state index in [4.69, 9.17) is 4.74 Å². The van der Waals surface area contributed by atoms with Gasteiger partial charge >= 0.3 is 0 Å². The van der Waals surface area contributed by atoms with Gasteiger partial charge in [-0.3, -0.25) is 4.90 Å². The number of benzene rings is 1. The van der Waals surface area contributed by atoms with Crippen molar-refractivity contribution in [3.63, 3.8) is 0 Å². The van der Waals surface area contributed by atoms with E-state index >= 15 is 0 Å². The summed E-state index contributed by atoms with van der Waals surface area (Å²) in [6.45, 7) is 6.39. The third-order valence-corrected chi connectivity index (χ3v) is 4.52. The van der Waals surface area contributed by atoms with Crippen molar-refractivity contribution in [3.05, 3.63) is 48.2 Å². The lowest BCUT2D eigenvalue weighted by Gasteiger charge is -2.34. The number of rotatable bonds is 9. The second kappa shape index (κ2) is 10.6. The van der Waals surface area contributed by atoms with E-state index in [1.807, 2.05) is 6.07 Å². The molecule has 1 N–H and O–H groups in total. The highest BCUT2D eigenvalue weighted by Gasteiger charge is 2.18. The zero-order valence-electron chi connectivity index (χ0n) is 15.9. The molecule has 27 heavy (non-hydrogen) atoms. The molecular formula is C20H28N6O. The smallest absolute Gasteiger partial charge is 0.244 e. The number of hydrogen-bond donors (Lipinski definition) is 1. The van der Waals surface area contributed by atoms with Gasteiger partial charge in [0.15, 0.2) is 5.82 Å². The highest BCUT2D eigenvalue weighted by molar-refractivity contribution is 5.48. The first-order chi connectivity index (χ1) is 13.3. The van der Waals surface area contributed by atoms with Gasteiger partial charge in [-0.2, -0.15) is 10.1 Å². The summed E-state index contributed by atoms with van der Waals surface area (Å²) in [4.78, 5) is 9.31. The molecule has 7 heteroatoms. The summed E-state index contributed by atoms with van der Waals surface area (Å²) in [7, 11) is 1.70. The molecule has 0 atom stereocenters. The predicted octanol–water partition coefficient (Wildman–Crippen LogP) is 2.16. The van der Waals surface area contributed by atoms with Crippen molar-refractivity contribution in [2.75, 3.05) is 63.2 Å². The average molecular weight is 368 g/mol. The maximum Gasteiger partial charge on any atom is 0.244 e. The maximum atomic E-state index is 5.05. The fourth-order valence-corrected chi connectivity index (χ4v) is 3.00. The Balaban J connectivity index is 1.44. The van der Waals surface area contributed by atoms with E-state index in [0.717, 1.165) is 58.1 Å². The van der Waals surface area contributed by atoms with Crippen molar-refractivity contribution in [1.82, 2.24) is 20.1 Å². The highest BCUT2D eigenvalue weighted by Crippen LogP contribution is 2.14. The number of ether oxygens (including phenoxy) is 1. The molecule has 0 unspecified atom stereocenters. The molecule has 0 radical (unpaired) electrons. The Morgan fingerprint density at radius 1 is 1.15 bits per heavy atom. The number of nitrogens with zero attached hydrogens (tertiary/aromatic N) is 5. The molecular weight excluding hydrogens is 340 g/mol. The van der Waals surface area contributed by atoms with Crippen LogP contribution in [0.15, 0.2) is 42.6 Å². The first-order valence-electron chi connectivity index (χ1n) is 9.46. The summed E-state index contributed by atoms with van der Waals surface area (Å²) in [6.07, 6.45) is 7.08. The molecule has 1 aromatic heterocycles. The number of nitrogens with one attached hydrogen (secondary N) is 1. The van der Waals surface area contributed by atoms with E-state index in [2.05, 4.69) is 66.7 Å². The fourth-order valence-electron chi connectivity index (χ4n) is 3.00. The molecule has 0 amide bonds. The topological polar surface area (TPSA) is 66.4 Å². The quantitative estimate of drug-likeness (QED) is 0.680. The minimum Gasteiger partial charge on any atom is -0.385 e. The van der Waals surface area contributed by atoms with Gasteiger partial charge in [-0.25, -0.2) is 0 Å². The van der Waals surface area contributed by atoms with Crippen LogP contribution >= 0.6 is 0 Å². The summed E-state index contributed by atoms with van der Waals surface area (Å²) in [5.41, 5.74) is 1.24. The number of aromatic nitrogens is 3. The van der Waals surface area contributed by atoms with Crippen LogP contribution < -0.4 is 10.2 Å². The van der Waals surface area contributed by atoms with Crippen LogP contribution in [0.5, 0.6) is 0 Å². The van der Waals surface area contributed by atoms with E-state index in [0.29, 0.717) is 5.95 Å². The first-order valence-corrected chi connectivity index (χ1v) is 9.46.